The predicted molar refractivity (Wildman–Crippen MR) is 63.7 cm³/mol. The molecule has 1 aromatic carbocycles. The Morgan fingerprint density at radius 2 is 2.00 bits per heavy atom. The van der Waals surface area contributed by atoms with Crippen LogP contribution < -0.4 is 0 Å². The highest BCUT2D eigenvalue weighted by atomic mass is 16.2. The molecule has 1 amide bonds. The molecule has 17 heavy (non-hydrogen) atoms. The van der Waals surface area contributed by atoms with Crippen molar-refractivity contribution in [1.29, 1.82) is 0 Å². The topological polar surface area (TPSA) is 49.0 Å². The van der Waals surface area contributed by atoms with E-state index in [9.17, 15) is 4.79 Å². The molecule has 2 heterocycles. The van der Waals surface area contributed by atoms with Crippen molar-refractivity contribution in [3.8, 4) is 0 Å². The molecule has 0 radical (unpaired) electrons. The first-order valence-electron chi connectivity index (χ1n) is 5.57. The van der Waals surface area contributed by atoms with E-state index in [1.807, 2.05) is 44.3 Å². The maximum Gasteiger partial charge on any atom is 0.275 e. The van der Waals surface area contributed by atoms with Crippen molar-refractivity contribution in [3.63, 3.8) is 0 Å². The van der Waals surface area contributed by atoms with E-state index >= 15 is 0 Å². The number of H-pyrrole nitrogens is 1. The molecule has 4 nitrogen and oxygen atoms in total. The van der Waals surface area contributed by atoms with Crippen LogP contribution in [-0.2, 0) is 0 Å². The van der Waals surface area contributed by atoms with Crippen LogP contribution in [0.15, 0.2) is 30.3 Å². The van der Waals surface area contributed by atoms with Crippen LogP contribution in [0.25, 0.3) is 0 Å². The number of aromatic amines is 1. The minimum atomic E-state index is -0.0163. The molecule has 0 spiro atoms. The molecule has 1 N–H and O–H groups in total. The molecule has 1 aromatic heterocycles. The molecule has 1 aliphatic heterocycles. The Balaban J connectivity index is 2.18. The maximum absolute atomic E-state index is 12.0. The van der Waals surface area contributed by atoms with Crippen molar-refractivity contribution < 1.29 is 4.79 Å². The summed E-state index contributed by atoms with van der Waals surface area (Å²) >= 11 is 0. The minimum absolute atomic E-state index is 0.0156. The van der Waals surface area contributed by atoms with Crippen LogP contribution in [-0.4, -0.2) is 28.1 Å². The van der Waals surface area contributed by atoms with Crippen LogP contribution in [0.3, 0.4) is 0 Å². The smallest absolute Gasteiger partial charge is 0.275 e. The van der Waals surface area contributed by atoms with Crippen LogP contribution in [0.1, 0.15) is 33.4 Å². The summed E-state index contributed by atoms with van der Waals surface area (Å²) < 4.78 is 0. The minimum Gasteiger partial charge on any atom is -0.329 e. The van der Waals surface area contributed by atoms with E-state index in [1.165, 1.54) is 0 Å². The summed E-state index contributed by atoms with van der Waals surface area (Å²) in [6.45, 7) is 1.95. The molecule has 0 aliphatic carbocycles. The van der Waals surface area contributed by atoms with E-state index in [1.54, 1.807) is 4.90 Å². The highest BCUT2D eigenvalue weighted by molar-refractivity contribution is 5.98. The summed E-state index contributed by atoms with van der Waals surface area (Å²) in [5.41, 5.74) is 3.64. The van der Waals surface area contributed by atoms with Crippen LogP contribution in [0.4, 0.5) is 0 Å². The van der Waals surface area contributed by atoms with E-state index in [4.69, 9.17) is 0 Å². The van der Waals surface area contributed by atoms with Gasteiger partial charge in [-0.1, -0.05) is 30.3 Å². The third kappa shape index (κ3) is 1.30. The van der Waals surface area contributed by atoms with Gasteiger partial charge in [0.1, 0.15) is 0 Å². The molecule has 0 fully saturated rings. The van der Waals surface area contributed by atoms with Gasteiger partial charge in [-0.15, -0.1) is 0 Å². The summed E-state index contributed by atoms with van der Waals surface area (Å²) in [5.74, 6) is -0.0156. The van der Waals surface area contributed by atoms with Gasteiger partial charge >= 0.3 is 0 Å². The van der Waals surface area contributed by atoms with Crippen molar-refractivity contribution >= 4 is 5.91 Å². The van der Waals surface area contributed by atoms with Gasteiger partial charge in [-0.3, -0.25) is 9.89 Å². The summed E-state index contributed by atoms with van der Waals surface area (Å²) in [7, 11) is 1.82. The molecule has 0 bridgehead atoms. The van der Waals surface area contributed by atoms with E-state index in [0.717, 1.165) is 16.8 Å². The van der Waals surface area contributed by atoms with Gasteiger partial charge in [0.2, 0.25) is 0 Å². The van der Waals surface area contributed by atoms with Gasteiger partial charge in [0.25, 0.3) is 5.91 Å². The Morgan fingerprint density at radius 3 is 2.71 bits per heavy atom. The lowest BCUT2D eigenvalue weighted by Crippen LogP contribution is -2.24. The highest BCUT2D eigenvalue weighted by Gasteiger charge is 2.38. The van der Waals surface area contributed by atoms with Crippen LogP contribution in [0.2, 0.25) is 0 Å². The molecular weight excluding hydrogens is 214 g/mol. The zero-order valence-corrected chi connectivity index (χ0v) is 9.77. The zero-order valence-electron chi connectivity index (χ0n) is 9.77. The third-order valence-corrected chi connectivity index (χ3v) is 3.29. The number of hydrogen-bond donors (Lipinski definition) is 1. The molecule has 1 aliphatic rings. The molecule has 0 unspecified atom stereocenters. The van der Waals surface area contributed by atoms with Gasteiger partial charge in [-0.05, 0) is 12.5 Å². The molecule has 0 saturated heterocycles. The van der Waals surface area contributed by atoms with Crippen molar-refractivity contribution in [2.45, 2.75) is 13.0 Å². The predicted octanol–water partition coefficient (Wildman–Crippen LogP) is 1.89. The SMILES string of the molecule is Cc1[nH]nc2c1[C@H](c1ccccc1)N(C)C2=O. The van der Waals surface area contributed by atoms with Crippen molar-refractivity contribution in [1.82, 2.24) is 15.1 Å². The number of nitrogens with one attached hydrogen (secondary N) is 1. The fourth-order valence-corrected chi connectivity index (χ4v) is 2.44. The second-order valence-electron chi connectivity index (χ2n) is 4.34. The number of fused-ring (bicyclic) bond motifs is 1. The summed E-state index contributed by atoms with van der Waals surface area (Å²) in [6.07, 6.45) is 0. The molecule has 1 atom stereocenters. The van der Waals surface area contributed by atoms with Crippen LogP contribution in [0, 0.1) is 6.92 Å². The lowest BCUT2D eigenvalue weighted by atomic mass is 10.00. The monoisotopic (exact) mass is 227 g/mol. The molecule has 2 aromatic rings. The van der Waals surface area contributed by atoms with Gasteiger partial charge in [0.15, 0.2) is 5.69 Å². The number of aryl methyl sites for hydroxylation is 1. The second kappa shape index (κ2) is 3.45. The number of carbonyl (C=O) groups is 1. The quantitative estimate of drug-likeness (QED) is 0.808. The Morgan fingerprint density at radius 1 is 1.29 bits per heavy atom. The van der Waals surface area contributed by atoms with E-state index < -0.39 is 0 Å². The van der Waals surface area contributed by atoms with Crippen molar-refractivity contribution in [2.24, 2.45) is 0 Å². The Bertz CT molecular complexity index is 574. The van der Waals surface area contributed by atoms with Crippen molar-refractivity contribution in [2.75, 3.05) is 7.05 Å². The number of nitrogens with zero attached hydrogens (tertiary/aromatic N) is 2. The zero-order chi connectivity index (χ0) is 12.0. The maximum atomic E-state index is 12.0. The van der Waals surface area contributed by atoms with E-state index in [0.29, 0.717) is 5.69 Å². The van der Waals surface area contributed by atoms with Gasteiger partial charge in [-0.2, -0.15) is 5.10 Å². The molecular formula is C13H13N3O. The van der Waals surface area contributed by atoms with Gasteiger partial charge in [-0.25, -0.2) is 0 Å². The summed E-state index contributed by atoms with van der Waals surface area (Å²) in [6, 6.07) is 10.0. The number of amides is 1. The Hall–Kier alpha value is -2.10. The van der Waals surface area contributed by atoms with Gasteiger partial charge in [0, 0.05) is 18.3 Å². The molecule has 4 heteroatoms. The number of aromatic nitrogens is 2. The first-order valence-corrected chi connectivity index (χ1v) is 5.57. The molecule has 3 rings (SSSR count). The molecule has 0 saturated carbocycles. The standard InChI is InChI=1S/C13H13N3O/c1-8-10-11(15-14-8)13(17)16(2)12(10)9-6-4-3-5-7-9/h3-7,12H,1-2H3,(H,14,15)/t12-/m0/s1. The van der Waals surface area contributed by atoms with Crippen LogP contribution >= 0.6 is 0 Å². The Kier molecular flexibility index (Phi) is 2.04. The van der Waals surface area contributed by atoms with Gasteiger partial charge in [0.05, 0.1) is 6.04 Å². The summed E-state index contributed by atoms with van der Waals surface area (Å²) in [5, 5.41) is 6.98. The second-order valence-corrected chi connectivity index (χ2v) is 4.34. The first-order chi connectivity index (χ1) is 8.20. The fourth-order valence-electron chi connectivity index (χ4n) is 2.44. The largest absolute Gasteiger partial charge is 0.329 e. The first kappa shape index (κ1) is 10.1. The van der Waals surface area contributed by atoms with E-state index in [2.05, 4.69) is 10.2 Å². The normalized spacial score (nSPS) is 18.6. The third-order valence-electron chi connectivity index (χ3n) is 3.29. The number of carbonyl (C=O) groups excluding carboxylic acids is 1. The van der Waals surface area contributed by atoms with Gasteiger partial charge < -0.3 is 4.90 Å². The lowest BCUT2D eigenvalue weighted by Gasteiger charge is -2.21. The highest BCUT2D eigenvalue weighted by Crippen LogP contribution is 2.37. The molecule has 86 valence electrons. The van der Waals surface area contributed by atoms with E-state index in [-0.39, 0.29) is 11.9 Å². The lowest BCUT2D eigenvalue weighted by molar-refractivity contribution is 0.0787. The average molecular weight is 227 g/mol. The Labute approximate surface area is 99.3 Å². The fraction of sp³-hybridized carbons (Fsp3) is 0.231. The van der Waals surface area contributed by atoms with Crippen molar-refractivity contribution in [3.05, 3.63) is 52.8 Å². The number of benzene rings is 1. The van der Waals surface area contributed by atoms with Crippen LogP contribution in [0.5, 0.6) is 0 Å². The number of rotatable bonds is 1. The number of hydrogen-bond acceptors (Lipinski definition) is 2. The average Bonchev–Trinajstić information content (AvgIpc) is 2.83. The summed E-state index contributed by atoms with van der Waals surface area (Å²) in [4.78, 5) is 13.8.